The number of nitrogens with zero attached hydrogens (tertiary/aromatic N) is 3. The van der Waals surface area contributed by atoms with Gasteiger partial charge in [0.15, 0.2) is 0 Å². The first kappa shape index (κ1) is 23.7. The third-order valence-corrected chi connectivity index (χ3v) is 7.27. The molecule has 8 nitrogen and oxygen atoms in total. The Kier molecular flexibility index (Phi) is 5.77. The molecule has 3 aromatic rings. The number of likely N-dealkylation sites (tertiary alicyclic amines) is 1. The standard InChI is InChI=1S/C24H28F3N5O3/c1-23(35,24(25,26)27)21(34)31-12-10-14(11-13-31)6-9-16-19(15-7-8-15)30-32(20(16)33)22-28-17-4-2-3-5-18(17)29-22/h2-5,14-15,30,35H,6-13H2,1H3,(H,28,29)/t23-/m1/s1. The molecule has 0 bridgehead atoms. The number of aromatic nitrogens is 4. The molecule has 1 amide bonds. The third-order valence-electron chi connectivity index (χ3n) is 7.27. The van der Waals surface area contributed by atoms with Crippen molar-refractivity contribution < 1.29 is 23.1 Å². The summed E-state index contributed by atoms with van der Waals surface area (Å²) in [7, 11) is 0. The summed E-state index contributed by atoms with van der Waals surface area (Å²) >= 11 is 0. The summed E-state index contributed by atoms with van der Waals surface area (Å²) in [6.07, 6.45) is -0.674. The van der Waals surface area contributed by atoms with E-state index < -0.39 is 17.7 Å². The number of piperidine rings is 1. The van der Waals surface area contributed by atoms with Crippen LogP contribution in [0.5, 0.6) is 0 Å². The van der Waals surface area contributed by atoms with Crippen LogP contribution in [0.1, 0.15) is 56.2 Å². The van der Waals surface area contributed by atoms with E-state index in [1.165, 1.54) is 4.68 Å². The van der Waals surface area contributed by atoms with Crippen LogP contribution in [0.15, 0.2) is 29.1 Å². The molecule has 5 rings (SSSR count). The minimum atomic E-state index is -5.02. The van der Waals surface area contributed by atoms with Crippen molar-refractivity contribution in [2.45, 2.75) is 63.1 Å². The van der Waals surface area contributed by atoms with Crippen molar-refractivity contribution in [3.05, 3.63) is 45.9 Å². The monoisotopic (exact) mass is 491 g/mol. The molecule has 2 aromatic heterocycles. The van der Waals surface area contributed by atoms with Gasteiger partial charge in [-0.05, 0) is 63.5 Å². The van der Waals surface area contributed by atoms with Gasteiger partial charge in [0.05, 0.1) is 11.0 Å². The summed E-state index contributed by atoms with van der Waals surface area (Å²) in [5.41, 5.74) is -0.254. The molecule has 1 saturated heterocycles. The second kappa shape index (κ2) is 8.54. The Morgan fingerprint density at radius 2 is 1.86 bits per heavy atom. The van der Waals surface area contributed by atoms with Crippen LogP contribution in [0.3, 0.4) is 0 Å². The number of H-pyrrole nitrogens is 2. The number of aliphatic hydroxyl groups is 1. The molecule has 188 valence electrons. The number of amides is 1. The number of nitrogens with one attached hydrogen (secondary N) is 2. The number of hydrogen-bond donors (Lipinski definition) is 3. The first-order valence-electron chi connectivity index (χ1n) is 11.9. The van der Waals surface area contributed by atoms with Crippen molar-refractivity contribution in [3.8, 4) is 5.95 Å². The summed E-state index contributed by atoms with van der Waals surface area (Å²) in [5, 5.41) is 12.9. The maximum atomic E-state index is 13.3. The molecule has 0 unspecified atom stereocenters. The number of alkyl halides is 3. The van der Waals surface area contributed by atoms with Crippen LogP contribution < -0.4 is 5.56 Å². The Morgan fingerprint density at radius 1 is 1.17 bits per heavy atom. The van der Waals surface area contributed by atoms with E-state index in [-0.39, 0.29) is 24.6 Å². The largest absolute Gasteiger partial charge is 0.426 e. The maximum absolute atomic E-state index is 13.3. The molecular formula is C24H28F3N5O3. The van der Waals surface area contributed by atoms with Gasteiger partial charge in [0.1, 0.15) is 0 Å². The smallest absolute Gasteiger partial charge is 0.373 e. The average molecular weight is 492 g/mol. The summed E-state index contributed by atoms with van der Waals surface area (Å²) in [5.74, 6) is -0.366. The van der Waals surface area contributed by atoms with Gasteiger partial charge in [0.2, 0.25) is 11.5 Å². The summed E-state index contributed by atoms with van der Waals surface area (Å²) in [4.78, 5) is 34.3. The third kappa shape index (κ3) is 4.37. The molecule has 2 aliphatic rings. The molecular weight excluding hydrogens is 463 g/mol. The quantitative estimate of drug-likeness (QED) is 0.491. The second-order valence-electron chi connectivity index (χ2n) is 9.84. The Morgan fingerprint density at radius 3 is 2.49 bits per heavy atom. The highest BCUT2D eigenvalue weighted by Crippen LogP contribution is 2.41. The highest BCUT2D eigenvalue weighted by molar-refractivity contribution is 5.85. The number of fused-ring (bicyclic) bond motifs is 1. The molecule has 2 fully saturated rings. The van der Waals surface area contributed by atoms with Crippen molar-refractivity contribution in [1.82, 2.24) is 24.6 Å². The molecule has 0 spiro atoms. The van der Waals surface area contributed by atoms with E-state index in [9.17, 15) is 27.9 Å². The number of para-hydroxylation sites is 2. The number of rotatable bonds is 6. The van der Waals surface area contributed by atoms with Crippen LogP contribution in [0.2, 0.25) is 0 Å². The molecule has 1 saturated carbocycles. The zero-order chi connectivity index (χ0) is 25.0. The van der Waals surface area contributed by atoms with E-state index >= 15 is 0 Å². The van der Waals surface area contributed by atoms with Crippen molar-refractivity contribution in [2.75, 3.05) is 13.1 Å². The first-order chi connectivity index (χ1) is 16.6. The second-order valence-corrected chi connectivity index (χ2v) is 9.84. The van der Waals surface area contributed by atoms with E-state index in [2.05, 4.69) is 15.1 Å². The zero-order valence-corrected chi connectivity index (χ0v) is 19.4. The number of imidazole rings is 1. The number of benzene rings is 1. The number of halogens is 3. The van der Waals surface area contributed by atoms with Crippen LogP contribution >= 0.6 is 0 Å². The molecule has 3 N–H and O–H groups in total. The Balaban J connectivity index is 1.27. The fourth-order valence-corrected chi connectivity index (χ4v) is 4.84. The molecule has 11 heteroatoms. The lowest BCUT2D eigenvalue weighted by molar-refractivity contribution is -0.250. The zero-order valence-electron chi connectivity index (χ0n) is 19.4. The Hall–Kier alpha value is -3.08. The molecule has 1 aliphatic carbocycles. The minimum absolute atomic E-state index is 0.139. The lowest BCUT2D eigenvalue weighted by Gasteiger charge is -2.36. The maximum Gasteiger partial charge on any atom is 0.426 e. The number of carbonyl (C=O) groups excluding carboxylic acids is 1. The SMILES string of the molecule is C[C@@](O)(C(=O)N1CCC(CCc2c(C3CC3)[nH]n(-c3nc4ccccc4[nH]3)c2=O)CC1)C(F)(F)F. The Labute approximate surface area is 199 Å². The van der Waals surface area contributed by atoms with Crippen LogP contribution in [0.4, 0.5) is 13.2 Å². The predicted molar refractivity (Wildman–Crippen MR) is 122 cm³/mol. The van der Waals surface area contributed by atoms with Gasteiger partial charge in [-0.3, -0.25) is 14.7 Å². The highest BCUT2D eigenvalue weighted by atomic mass is 19.4. The lowest BCUT2D eigenvalue weighted by Crippen LogP contribution is -2.57. The van der Waals surface area contributed by atoms with E-state index in [0.29, 0.717) is 44.5 Å². The number of aromatic amines is 2. The number of hydrogen-bond acceptors (Lipinski definition) is 4. The molecule has 0 radical (unpaired) electrons. The summed E-state index contributed by atoms with van der Waals surface area (Å²) in [6.45, 7) is 0.808. The molecule has 1 aliphatic heterocycles. The minimum Gasteiger partial charge on any atom is -0.373 e. The van der Waals surface area contributed by atoms with E-state index in [1.54, 1.807) is 0 Å². The predicted octanol–water partition coefficient (Wildman–Crippen LogP) is 3.40. The van der Waals surface area contributed by atoms with E-state index in [4.69, 9.17) is 0 Å². The van der Waals surface area contributed by atoms with Gasteiger partial charge in [0, 0.05) is 30.3 Å². The van der Waals surface area contributed by atoms with Gasteiger partial charge < -0.3 is 15.0 Å². The molecule has 1 atom stereocenters. The fourth-order valence-electron chi connectivity index (χ4n) is 4.84. The Bertz CT molecular complexity index is 1260. The molecule has 1 aromatic carbocycles. The first-order valence-corrected chi connectivity index (χ1v) is 11.9. The fraction of sp³-hybridized carbons (Fsp3) is 0.542. The van der Waals surface area contributed by atoms with Crippen LogP contribution in [-0.2, 0) is 11.2 Å². The van der Waals surface area contributed by atoms with Crippen LogP contribution in [0, 0.1) is 5.92 Å². The lowest BCUT2D eigenvalue weighted by atomic mass is 9.89. The number of carbonyl (C=O) groups is 1. The van der Waals surface area contributed by atoms with Crippen LogP contribution in [-0.4, -0.2) is 60.5 Å². The van der Waals surface area contributed by atoms with Crippen LogP contribution in [0.25, 0.3) is 17.0 Å². The van der Waals surface area contributed by atoms with Crippen molar-refractivity contribution in [3.63, 3.8) is 0 Å². The average Bonchev–Trinajstić information content (AvgIpc) is 3.49. The van der Waals surface area contributed by atoms with Crippen molar-refractivity contribution in [1.29, 1.82) is 0 Å². The molecule has 3 heterocycles. The normalized spacial score (nSPS) is 19.3. The van der Waals surface area contributed by atoms with Gasteiger partial charge in [-0.15, -0.1) is 0 Å². The van der Waals surface area contributed by atoms with Gasteiger partial charge in [-0.2, -0.15) is 17.9 Å². The van der Waals surface area contributed by atoms with Gasteiger partial charge in [0.25, 0.3) is 11.5 Å². The topological polar surface area (TPSA) is 107 Å². The van der Waals surface area contributed by atoms with Gasteiger partial charge in [-0.25, -0.2) is 4.98 Å². The van der Waals surface area contributed by atoms with Crippen molar-refractivity contribution >= 4 is 16.9 Å². The molecule has 35 heavy (non-hydrogen) atoms. The van der Waals surface area contributed by atoms with E-state index in [0.717, 1.165) is 40.0 Å². The van der Waals surface area contributed by atoms with Gasteiger partial charge in [-0.1, -0.05) is 12.1 Å². The van der Waals surface area contributed by atoms with E-state index in [1.807, 2.05) is 24.3 Å². The highest BCUT2D eigenvalue weighted by Gasteiger charge is 2.57. The summed E-state index contributed by atoms with van der Waals surface area (Å²) < 4.78 is 40.5. The van der Waals surface area contributed by atoms with Gasteiger partial charge >= 0.3 is 6.18 Å². The summed E-state index contributed by atoms with van der Waals surface area (Å²) in [6, 6.07) is 7.55. The van der Waals surface area contributed by atoms with Crippen molar-refractivity contribution in [2.24, 2.45) is 5.92 Å².